The van der Waals surface area contributed by atoms with Gasteiger partial charge in [0.05, 0.1) is 24.0 Å². The SMILES string of the molecule is Cc1ccc(C2(C(=O)N(CCN(C)C)Cc3nc[nH]c3C)CC2)cc1. The van der Waals surface area contributed by atoms with Crippen molar-refractivity contribution in [3.8, 4) is 0 Å². The molecule has 1 fully saturated rings. The van der Waals surface area contributed by atoms with Gasteiger partial charge >= 0.3 is 0 Å². The summed E-state index contributed by atoms with van der Waals surface area (Å²) in [4.78, 5) is 25.0. The monoisotopic (exact) mass is 340 g/mol. The second kappa shape index (κ2) is 7.00. The van der Waals surface area contributed by atoms with Gasteiger partial charge in [-0.05, 0) is 46.3 Å². The Kier molecular flexibility index (Phi) is 4.95. The number of likely N-dealkylation sites (N-methyl/N-ethyl adjacent to an activating group) is 1. The number of nitrogens with zero attached hydrogens (tertiary/aromatic N) is 3. The molecular weight excluding hydrogens is 312 g/mol. The van der Waals surface area contributed by atoms with Crippen LogP contribution in [0.1, 0.15) is 35.4 Å². The number of hydrogen-bond acceptors (Lipinski definition) is 3. The number of benzene rings is 1. The van der Waals surface area contributed by atoms with Crippen LogP contribution in [-0.4, -0.2) is 52.9 Å². The molecule has 5 heteroatoms. The first kappa shape index (κ1) is 17.7. The zero-order chi connectivity index (χ0) is 18.0. The summed E-state index contributed by atoms with van der Waals surface area (Å²) in [6.45, 7) is 6.21. The van der Waals surface area contributed by atoms with Gasteiger partial charge in [-0.15, -0.1) is 0 Å². The smallest absolute Gasteiger partial charge is 0.233 e. The third kappa shape index (κ3) is 3.76. The number of amides is 1. The molecule has 1 aliphatic carbocycles. The van der Waals surface area contributed by atoms with E-state index in [1.54, 1.807) is 6.33 Å². The Morgan fingerprint density at radius 2 is 1.84 bits per heavy atom. The number of nitrogens with one attached hydrogen (secondary N) is 1. The highest BCUT2D eigenvalue weighted by atomic mass is 16.2. The Morgan fingerprint density at radius 1 is 1.16 bits per heavy atom. The standard InChI is InChI=1S/C20H28N4O/c1-15-5-7-17(8-6-15)20(9-10-20)19(25)24(12-11-23(3)4)13-18-16(2)21-14-22-18/h5-8,14H,9-13H2,1-4H3,(H,21,22). The Labute approximate surface area is 150 Å². The van der Waals surface area contributed by atoms with Crippen molar-refractivity contribution < 1.29 is 4.79 Å². The number of aryl methyl sites for hydroxylation is 2. The van der Waals surface area contributed by atoms with Crippen molar-refractivity contribution in [3.63, 3.8) is 0 Å². The number of rotatable bonds is 7. The molecule has 1 aromatic heterocycles. The molecule has 1 N–H and O–H groups in total. The van der Waals surface area contributed by atoms with Crippen LogP contribution >= 0.6 is 0 Å². The van der Waals surface area contributed by atoms with Crippen LogP contribution in [-0.2, 0) is 16.8 Å². The maximum atomic E-state index is 13.4. The minimum Gasteiger partial charge on any atom is -0.348 e. The molecule has 0 radical (unpaired) electrons. The second-order valence-electron chi connectivity index (χ2n) is 7.45. The van der Waals surface area contributed by atoms with Crippen molar-refractivity contribution in [2.24, 2.45) is 0 Å². The first-order valence-electron chi connectivity index (χ1n) is 8.92. The number of carbonyl (C=O) groups is 1. The minimum atomic E-state index is -0.329. The van der Waals surface area contributed by atoms with Gasteiger partial charge in [-0.2, -0.15) is 0 Å². The third-order valence-electron chi connectivity index (χ3n) is 5.14. The molecule has 1 aliphatic rings. The minimum absolute atomic E-state index is 0.237. The Balaban J connectivity index is 1.82. The molecule has 2 aromatic rings. The van der Waals surface area contributed by atoms with Gasteiger partial charge in [-0.1, -0.05) is 29.8 Å². The van der Waals surface area contributed by atoms with E-state index in [4.69, 9.17) is 0 Å². The molecule has 1 heterocycles. The predicted octanol–water partition coefficient (Wildman–Crippen LogP) is 2.65. The highest BCUT2D eigenvalue weighted by Crippen LogP contribution is 2.49. The van der Waals surface area contributed by atoms with Crippen LogP contribution in [0.25, 0.3) is 0 Å². The van der Waals surface area contributed by atoms with Crippen LogP contribution in [0.15, 0.2) is 30.6 Å². The molecule has 1 amide bonds. The van der Waals surface area contributed by atoms with Crippen LogP contribution in [0.3, 0.4) is 0 Å². The molecule has 3 rings (SSSR count). The lowest BCUT2D eigenvalue weighted by atomic mass is 9.93. The quantitative estimate of drug-likeness (QED) is 0.843. The first-order chi connectivity index (χ1) is 11.9. The zero-order valence-corrected chi connectivity index (χ0v) is 15.7. The molecule has 0 aliphatic heterocycles. The van der Waals surface area contributed by atoms with Crippen LogP contribution in [0.2, 0.25) is 0 Å². The topological polar surface area (TPSA) is 52.2 Å². The fourth-order valence-electron chi connectivity index (χ4n) is 3.23. The summed E-state index contributed by atoms with van der Waals surface area (Å²) in [6, 6.07) is 8.43. The van der Waals surface area contributed by atoms with Crippen molar-refractivity contribution >= 4 is 5.91 Å². The van der Waals surface area contributed by atoms with E-state index in [1.165, 1.54) is 5.56 Å². The van der Waals surface area contributed by atoms with Gasteiger partial charge in [0.15, 0.2) is 0 Å². The van der Waals surface area contributed by atoms with Crippen LogP contribution in [0, 0.1) is 13.8 Å². The average Bonchev–Trinajstić information content (AvgIpc) is 3.29. The molecule has 1 aromatic carbocycles. The lowest BCUT2D eigenvalue weighted by Crippen LogP contribution is -2.42. The summed E-state index contributed by atoms with van der Waals surface area (Å²) in [5, 5.41) is 0. The normalized spacial score (nSPS) is 15.4. The maximum Gasteiger partial charge on any atom is 0.233 e. The van der Waals surface area contributed by atoms with Gasteiger partial charge in [0.25, 0.3) is 0 Å². The molecule has 1 saturated carbocycles. The van der Waals surface area contributed by atoms with E-state index in [1.807, 2.05) is 25.9 Å². The van der Waals surface area contributed by atoms with Crippen molar-refractivity contribution in [2.45, 2.75) is 38.6 Å². The molecule has 5 nitrogen and oxygen atoms in total. The molecule has 0 saturated heterocycles. The molecule has 0 bridgehead atoms. The van der Waals surface area contributed by atoms with Crippen molar-refractivity contribution in [3.05, 3.63) is 53.1 Å². The van der Waals surface area contributed by atoms with Crippen LogP contribution in [0.5, 0.6) is 0 Å². The average molecular weight is 340 g/mol. The maximum absolute atomic E-state index is 13.4. The Bertz CT molecular complexity index is 728. The van der Waals surface area contributed by atoms with E-state index in [9.17, 15) is 4.79 Å². The largest absolute Gasteiger partial charge is 0.348 e. The summed E-state index contributed by atoms with van der Waals surface area (Å²) < 4.78 is 0. The summed E-state index contributed by atoms with van der Waals surface area (Å²) in [7, 11) is 4.07. The van der Waals surface area contributed by atoms with Gasteiger partial charge < -0.3 is 14.8 Å². The van der Waals surface area contributed by atoms with E-state index in [0.717, 1.165) is 36.3 Å². The summed E-state index contributed by atoms with van der Waals surface area (Å²) in [5.74, 6) is 0.237. The van der Waals surface area contributed by atoms with Gasteiger partial charge in [-0.25, -0.2) is 4.98 Å². The van der Waals surface area contributed by atoms with Gasteiger partial charge in [0.2, 0.25) is 5.91 Å². The van der Waals surface area contributed by atoms with E-state index in [2.05, 4.69) is 46.1 Å². The van der Waals surface area contributed by atoms with E-state index in [-0.39, 0.29) is 11.3 Å². The second-order valence-corrected chi connectivity index (χ2v) is 7.45. The van der Waals surface area contributed by atoms with Crippen molar-refractivity contribution in [2.75, 3.05) is 27.2 Å². The number of hydrogen-bond donors (Lipinski definition) is 1. The molecule has 134 valence electrons. The first-order valence-corrected chi connectivity index (χ1v) is 8.92. The number of aromatic amines is 1. The van der Waals surface area contributed by atoms with E-state index in [0.29, 0.717) is 13.1 Å². The predicted molar refractivity (Wildman–Crippen MR) is 99.4 cm³/mol. The number of carbonyl (C=O) groups excluding carboxylic acids is 1. The molecule has 25 heavy (non-hydrogen) atoms. The summed E-state index contributed by atoms with van der Waals surface area (Å²) >= 11 is 0. The third-order valence-corrected chi connectivity index (χ3v) is 5.14. The fraction of sp³-hybridized carbons (Fsp3) is 0.500. The van der Waals surface area contributed by atoms with Crippen LogP contribution < -0.4 is 0 Å². The lowest BCUT2D eigenvalue weighted by molar-refractivity contribution is -0.134. The van der Waals surface area contributed by atoms with E-state index >= 15 is 0 Å². The Morgan fingerprint density at radius 3 is 2.36 bits per heavy atom. The Hall–Kier alpha value is -2.14. The van der Waals surface area contributed by atoms with Crippen LogP contribution in [0.4, 0.5) is 0 Å². The number of imidazole rings is 1. The van der Waals surface area contributed by atoms with Crippen molar-refractivity contribution in [1.29, 1.82) is 0 Å². The van der Waals surface area contributed by atoms with Gasteiger partial charge in [-0.3, -0.25) is 4.79 Å². The van der Waals surface area contributed by atoms with Gasteiger partial charge in [0, 0.05) is 18.8 Å². The van der Waals surface area contributed by atoms with Gasteiger partial charge in [0.1, 0.15) is 0 Å². The number of aromatic nitrogens is 2. The van der Waals surface area contributed by atoms with E-state index < -0.39 is 0 Å². The zero-order valence-electron chi connectivity index (χ0n) is 15.7. The lowest BCUT2D eigenvalue weighted by Gasteiger charge is -2.28. The summed E-state index contributed by atoms with van der Waals surface area (Å²) in [5.41, 5.74) is 4.03. The molecule has 0 atom stereocenters. The molecule has 0 unspecified atom stereocenters. The molecular formula is C20H28N4O. The highest BCUT2D eigenvalue weighted by Gasteiger charge is 2.52. The highest BCUT2D eigenvalue weighted by molar-refractivity contribution is 5.91. The van der Waals surface area contributed by atoms with Crippen molar-refractivity contribution in [1.82, 2.24) is 19.8 Å². The number of H-pyrrole nitrogens is 1. The summed E-state index contributed by atoms with van der Waals surface area (Å²) in [6.07, 6.45) is 3.58. The molecule has 0 spiro atoms. The fourth-order valence-corrected chi connectivity index (χ4v) is 3.23.